The molecule has 0 aliphatic heterocycles. The molecular formula is C23H45N3O. The highest BCUT2D eigenvalue weighted by Crippen LogP contribution is 2.21. The summed E-state index contributed by atoms with van der Waals surface area (Å²) < 4.78 is 5.23. The van der Waals surface area contributed by atoms with E-state index in [0.29, 0.717) is 25.1 Å². The van der Waals surface area contributed by atoms with Crippen LogP contribution in [0.1, 0.15) is 71.4 Å². The van der Waals surface area contributed by atoms with Gasteiger partial charge >= 0.3 is 0 Å². The topological polar surface area (TPSA) is 87.3 Å². The molecule has 1 aliphatic carbocycles. The quantitative estimate of drug-likeness (QED) is 0.690. The highest BCUT2D eigenvalue weighted by atomic mass is 16.5. The molecule has 0 saturated heterocycles. The lowest BCUT2D eigenvalue weighted by Crippen LogP contribution is -2.26. The Bertz CT molecular complexity index is 427. The lowest BCUT2D eigenvalue weighted by molar-refractivity contribution is 0.101. The van der Waals surface area contributed by atoms with E-state index in [9.17, 15) is 0 Å². The van der Waals surface area contributed by atoms with Crippen LogP contribution in [0.15, 0.2) is 24.3 Å². The van der Waals surface area contributed by atoms with Crippen molar-refractivity contribution < 1.29 is 4.74 Å². The van der Waals surface area contributed by atoms with Crippen LogP contribution in [0.5, 0.6) is 0 Å². The van der Waals surface area contributed by atoms with Gasteiger partial charge in [-0.1, -0.05) is 64.8 Å². The molecule has 1 aromatic rings. The van der Waals surface area contributed by atoms with E-state index < -0.39 is 0 Å². The molecule has 158 valence electrons. The number of rotatable bonds is 6. The molecule has 6 N–H and O–H groups in total. The van der Waals surface area contributed by atoms with Crippen molar-refractivity contribution in [2.45, 2.75) is 85.4 Å². The van der Waals surface area contributed by atoms with Crippen molar-refractivity contribution in [3.8, 4) is 0 Å². The second-order valence-electron chi connectivity index (χ2n) is 8.32. The van der Waals surface area contributed by atoms with Crippen LogP contribution < -0.4 is 17.2 Å². The average Bonchev–Trinajstić information content (AvgIpc) is 2.62. The second kappa shape index (κ2) is 16.1. The molecule has 0 amide bonds. The van der Waals surface area contributed by atoms with E-state index in [1.165, 1.54) is 36.8 Å². The van der Waals surface area contributed by atoms with E-state index in [2.05, 4.69) is 52.0 Å². The predicted molar refractivity (Wildman–Crippen MR) is 119 cm³/mol. The first-order valence-corrected chi connectivity index (χ1v) is 10.6. The van der Waals surface area contributed by atoms with Gasteiger partial charge < -0.3 is 21.9 Å². The Morgan fingerprint density at radius 1 is 1.11 bits per heavy atom. The number of benzene rings is 1. The highest BCUT2D eigenvalue weighted by molar-refractivity contribution is 5.22. The maximum absolute atomic E-state index is 5.73. The molecule has 2 rings (SSSR count). The first kappa shape index (κ1) is 26.1. The molecular weight excluding hydrogens is 334 g/mol. The average molecular weight is 380 g/mol. The van der Waals surface area contributed by atoms with E-state index in [-0.39, 0.29) is 6.04 Å². The minimum atomic E-state index is 0.170. The van der Waals surface area contributed by atoms with Crippen molar-refractivity contribution in [1.29, 1.82) is 0 Å². The van der Waals surface area contributed by atoms with Crippen LogP contribution in [0.3, 0.4) is 0 Å². The van der Waals surface area contributed by atoms with E-state index in [4.69, 9.17) is 21.9 Å². The number of ether oxygens (including phenoxy) is 1. The summed E-state index contributed by atoms with van der Waals surface area (Å²) >= 11 is 0. The maximum Gasteiger partial charge on any atom is 0.0614 e. The van der Waals surface area contributed by atoms with Crippen molar-refractivity contribution in [2.75, 3.05) is 13.2 Å². The molecule has 1 saturated carbocycles. The first-order valence-electron chi connectivity index (χ1n) is 10.6. The van der Waals surface area contributed by atoms with E-state index in [1.54, 1.807) is 0 Å². The van der Waals surface area contributed by atoms with Gasteiger partial charge in [0, 0.05) is 25.2 Å². The Kier molecular flexibility index (Phi) is 15.5. The highest BCUT2D eigenvalue weighted by Gasteiger charge is 2.14. The van der Waals surface area contributed by atoms with Crippen LogP contribution >= 0.6 is 0 Å². The number of aryl methyl sites for hydroxylation is 1. The molecule has 4 heteroatoms. The predicted octanol–water partition coefficient (Wildman–Crippen LogP) is 4.24. The minimum absolute atomic E-state index is 0.170. The molecule has 4 nitrogen and oxygen atoms in total. The van der Waals surface area contributed by atoms with Crippen LogP contribution in [-0.2, 0) is 17.7 Å². The van der Waals surface area contributed by atoms with Gasteiger partial charge in [0.05, 0.1) is 6.61 Å². The number of hydrogen-bond donors (Lipinski definition) is 3. The Morgan fingerprint density at radius 3 is 2.22 bits per heavy atom. The van der Waals surface area contributed by atoms with Crippen molar-refractivity contribution in [3.05, 3.63) is 35.4 Å². The summed E-state index contributed by atoms with van der Waals surface area (Å²) in [5.74, 6) is 1.50. The molecule has 3 unspecified atom stereocenters. The van der Waals surface area contributed by atoms with Crippen LogP contribution in [0, 0.1) is 11.8 Å². The normalized spacial score (nSPS) is 20.2. The SMILES string of the molecule is CC(C)COCC(C)N.CC1CCCC(N)C1.CCc1cccc(CN)c1. The zero-order valence-corrected chi connectivity index (χ0v) is 18.4. The fourth-order valence-electron chi connectivity index (χ4n) is 2.95. The Balaban J connectivity index is 0.000000378. The third-order valence-corrected chi connectivity index (χ3v) is 4.44. The number of nitrogens with two attached hydrogens (primary N) is 3. The molecule has 27 heavy (non-hydrogen) atoms. The van der Waals surface area contributed by atoms with Crippen molar-refractivity contribution in [2.24, 2.45) is 29.0 Å². The van der Waals surface area contributed by atoms with E-state index in [1.807, 2.05) is 6.92 Å². The van der Waals surface area contributed by atoms with Crippen molar-refractivity contribution in [3.63, 3.8) is 0 Å². The van der Waals surface area contributed by atoms with Crippen LogP contribution in [0.4, 0.5) is 0 Å². The van der Waals surface area contributed by atoms with Gasteiger partial charge in [-0.25, -0.2) is 0 Å². The summed E-state index contributed by atoms with van der Waals surface area (Å²) in [6, 6.07) is 9.07. The third kappa shape index (κ3) is 15.8. The molecule has 1 aromatic carbocycles. The second-order valence-corrected chi connectivity index (χ2v) is 8.32. The molecule has 0 bridgehead atoms. The van der Waals surface area contributed by atoms with Gasteiger partial charge in [0.15, 0.2) is 0 Å². The summed E-state index contributed by atoms with van der Waals surface area (Å²) in [4.78, 5) is 0. The summed E-state index contributed by atoms with van der Waals surface area (Å²) in [5, 5.41) is 0. The minimum Gasteiger partial charge on any atom is -0.380 e. The third-order valence-electron chi connectivity index (χ3n) is 4.44. The lowest BCUT2D eigenvalue weighted by Gasteiger charge is -2.22. The molecule has 0 radical (unpaired) electrons. The van der Waals surface area contributed by atoms with Crippen molar-refractivity contribution >= 4 is 0 Å². The van der Waals surface area contributed by atoms with Crippen LogP contribution in [-0.4, -0.2) is 25.3 Å². The first-order chi connectivity index (χ1) is 12.8. The van der Waals surface area contributed by atoms with Gasteiger partial charge in [0.1, 0.15) is 0 Å². The van der Waals surface area contributed by atoms with Gasteiger partial charge in [0.25, 0.3) is 0 Å². The molecule has 0 spiro atoms. The number of hydrogen-bond acceptors (Lipinski definition) is 4. The molecule has 0 heterocycles. The fraction of sp³-hybridized carbons (Fsp3) is 0.739. The zero-order chi connectivity index (χ0) is 20.7. The Hall–Kier alpha value is -0.940. The molecule has 1 aliphatic rings. The van der Waals surface area contributed by atoms with Crippen LogP contribution in [0.25, 0.3) is 0 Å². The zero-order valence-electron chi connectivity index (χ0n) is 18.4. The standard InChI is InChI=1S/C9H13N.C7H17NO.C7H15N/c1-2-8-4-3-5-9(6-8)7-10;1-6(2)4-9-5-7(3)8;1-6-3-2-4-7(8)5-6/h3-6H,2,7,10H2,1H3;6-7H,4-5,8H2,1-3H3;6-7H,2-5,8H2,1H3. The van der Waals surface area contributed by atoms with Gasteiger partial charge in [-0.05, 0) is 49.1 Å². The molecule has 1 fully saturated rings. The fourth-order valence-corrected chi connectivity index (χ4v) is 2.95. The monoisotopic (exact) mass is 379 g/mol. The Morgan fingerprint density at radius 2 is 1.78 bits per heavy atom. The van der Waals surface area contributed by atoms with Gasteiger partial charge in [0.2, 0.25) is 0 Å². The van der Waals surface area contributed by atoms with E-state index >= 15 is 0 Å². The summed E-state index contributed by atoms with van der Waals surface area (Å²) in [6.07, 6.45) is 6.34. The molecule has 0 aromatic heterocycles. The smallest absolute Gasteiger partial charge is 0.0614 e. The van der Waals surface area contributed by atoms with Gasteiger partial charge in [-0.3, -0.25) is 0 Å². The maximum atomic E-state index is 5.73. The lowest BCUT2D eigenvalue weighted by atomic mass is 9.88. The summed E-state index contributed by atoms with van der Waals surface area (Å²) in [7, 11) is 0. The molecule has 3 atom stereocenters. The summed E-state index contributed by atoms with van der Waals surface area (Å²) in [6.45, 7) is 12.8. The van der Waals surface area contributed by atoms with E-state index in [0.717, 1.165) is 18.9 Å². The van der Waals surface area contributed by atoms with Crippen molar-refractivity contribution in [1.82, 2.24) is 0 Å². The van der Waals surface area contributed by atoms with Gasteiger partial charge in [-0.15, -0.1) is 0 Å². The summed E-state index contributed by atoms with van der Waals surface area (Å²) in [5.41, 5.74) is 19.2. The van der Waals surface area contributed by atoms with Crippen LogP contribution in [0.2, 0.25) is 0 Å². The largest absolute Gasteiger partial charge is 0.380 e. The van der Waals surface area contributed by atoms with Gasteiger partial charge in [-0.2, -0.15) is 0 Å². The Labute approximate surface area is 168 Å².